The van der Waals surface area contributed by atoms with Crippen molar-refractivity contribution in [1.82, 2.24) is 14.5 Å². The van der Waals surface area contributed by atoms with Gasteiger partial charge >= 0.3 is 5.69 Å². The SMILES string of the molecule is CCCCN(C(=O)c1cc(Cl)ccn1)c1c(N)n(CCC)c(=O)[nH]c1=O. The molecule has 0 bridgehead atoms. The molecule has 0 aliphatic carbocycles. The van der Waals surface area contributed by atoms with Gasteiger partial charge in [-0.2, -0.15) is 0 Å². The molecule has 2 rings (SSSR count). The molecule has 0 saturated heterocycles. The molecule has 26 heavy (non-hydrogen) atoms. The predicted molar refractivity (Wildman–Crippen MR) is 102 cm³/mol. The maximum absolute atomic E-state index is 13.0. The second kappa shape index (κ2) is 8.66. The summed E-state index contributed by atoms with van der Waals surface area (Å²) in [7, 11) is 0. The maximum atomic E-state index is 13.0. The number of halogens is 1. The lowest BCUT2D eigenvalue weighted by Crippen LogP contribution is -2.41. The Morgan fingerprint density at radius 2 is 2.08 bits per heavy atom. The molecule has 0 saturated carbocycles. The number of nitrogens with zero attached hydrogens (tertiary/aromatic N) is 3. The number of carbonyl (C=O) groups excluding carboxylic acids is 1. The lowest BCUT2D eigenvalue weighted by atomic mass is 10.2. The number of unbranched alkanes of at least 4 members (excludes halogenated alkanes) is 1. The van der Waals surface area contributed by atoms with Crippen LogP contribution in [0.1, 0.15) is 43.6 Å². The molecule has 2 aromatic heterocycles. The average molecular weight is 380 g/mol. The standard InChI is InChI=1S/C17H22ClN5O3/c1-3-5-9-22(16(25)12-10-11(18)6-7-20-12)13-14(19)23(8-4-2)17(26)21-15(13)24/h6-7,10H,3-5,8-9,19H2,1-2H3,(H,21,24,26). The molecule has 2 aromatic rings. The highest BCUT2D eigenvalue weighted by Crippen LogP contribution is 2.20. The lowest BCUT2D eigenvalue weighted by molar-refractivity contribution is 0.0981. The minimum atomic E-state index is -0.702. The topological polar surface area (TPSA) is 114 Å². The van der Waals surface area contributed by atoms with Crippen molar-refractivity contribution < 1.29 is 4.79 Å². The first-order valence-corrected chi connectivity index (χ1v) is 8.84. The highest BCUT2D eigenvalue weighted by molar-refractivity contribution is 6.31. The molecule has 8 nitrogen and oxygen atoms in total. The highest BCUT2D eigenvalue weighted by Gasteiger charge is 2.25. The van der Waals surface area contributed by atoms with Gasteiger partial charge in [0, 0.05) is 24.3 Å². The van der Waals surface area contributed by atoms with E-state index in [1.807, 2.05) is 13.8 Å². The van der Waals surface area contributed by atoms with Crippen molar-refractivity contribution in [1.29, 1.82) is 0 Å². The normalized spacial score (nSPS) is 10.7. The predicted octanol–water partition coefficient (Wildman–Crippen LogP) is 2.02. The van der Waals surface area contributed by atoms with Crippen LogP contribution in [0.3, 0.4) is 0 Å². The number of aromatic nitrogens is 3. The first-order chi connectivity index (χ1) is 12.4. The molecule has 0 atom stereocenters. The maximum Gasteiger partial charge on any atom is 0.330 e. The Labute approximate surface area is 155 Å². The van der Waals surface area contributed by atoms with Gasteiger partial charge in [0.2, 0.25) is 0 Å². The number of nitrogens with two attached hydrogens (primary N) is 1. The zero-order chi connectivity index (χ0) is 19.3. The number of anilines is 2. The van der Waals surface area contributed by atoms with Gasteiger partial charge in [-0.05, 0) is 25.0 Å². The van der Waals surface area contributed by atoms with Crippen LogP contribution in [0.25, 0.3) is 0 Å². The molecule has 0 aliphatic heterocycles. The molecule has 0 aliphatic rings. The second-order valence-corrected chi connectivity index (χ2v) is 6.25. The Kier molecular flexibility index (Phi) is 6.57. The molecular formula is C17H22ClN5O3. The molecule has 1 amide bonds. The fraction of sp³-hybridized carbons (Fsp3) is 0.412. The summed E-state index contributed by atoms with van der Waals surface area (Å²) >= 11 is 5.94. The zero-order valence-electron chi connectivity index (χ0n) is 14.8. The number of rotatable bonds is 7. The molecule has 140 valence electrons. The summed E-state index contributed by atoms with van der Waals surface area (Å²) in [4.78, 5) is 45.0. The molecular weight excluding hydrogens is 358 g/mol. The van der Waals surface area contributed by atoms with Crippen molar-refractivity contribution in [3.63, 3.8) is 0 Å². The number of carbonyl (C=O) groups is 1. The van der Waals surface area contributed by atoms with Crippen LogP contribution in [0.5, 0.6) is 0 Å². The van der Waals surface area contributed by atoms with Crippen LogP contribution in [-0.4, -0.2) is 27.0 Å². The van der Waals surface area contributed by atoms with Crippen LogP contribution in [-0.2, 0) is 6.54 Å². The Morgan fingerprint density at radius 1 is 1.35 bits per heavy atom. The van der Waals surface area contributed by atoms with Gasteiger partial charge in [0.1, 0.15) is 11.5 Å². The van der Waals surface area contributed by atoms with E-state index in [1.54, 1.807) is 6.07 Å². The molecule has 9 heteroatoms. The number of aromatic amines is 1. The van der Waals surface area contributed by atoms with Crippen LogP contribution in [0.4, 0.5) is 11.5 Å². The van der Waals surface area contributed by atoms with Crippen molar-refractivity contribution in [3.8, 4) is 0 Å². The molecule has 3 N–H and O–H groups in total. The van der Waals surface area contributed by atoms with Crippen molar-refractivity contribution in [2.24, 2.45) is 0 Å². The molecule has 0 aromatic carbocycles. The van der Waals surface area contributed by atoms with Crippen molar-refractivity contribution >= 4 is 29.0 Å². The molecule has 0 fully saturated rings. The fourth-order valence-electron chi connectivity index (χ4n) is 2.57. The number of hydrogen-bond donors (Lipinski definition) is 2. The van der Waals surface area contributed by atoms with E-state index in [1.165, 1.54) is 21.7 Å². The van der Waals surface area contributed by atoms with E-state index in [9.17, 15) is 14.4 Å². The van der Waals surface area contributed by atoms with Gasteiger partial charge in [-0.25, -0.2) is 4.79 Å². The van der Waals surface area contributed by atoms with E-state index in [0.29, 0.717) is 24.4 Å². The highest BCUT2D eigenvalue weighted by atomic mass is 35.5. The molecule has 0 radical (unpaired) electrons. The Bertz CT molecular complexity index is 906. The van der Waals surface area contributed by atoms with Gasteiger partial charge in [0.15, 0.2) is 5.69 Å². The Morgan fingerprint density at radius 3 is 2.69 bits per heavy atom. The number of hydrogen-bond acceptors (Lipinski definition) is 5. The van der Waals surface area contributed by atoms with Crippen LogP contribution in [0.2, 0.25) is 5.02 Å². The van der Waals surface area contributed by atoms with Crippen LogP contribution < -0.4 is 21.9 Å². The minimum Gasteiger partial charge on any atom is -0.383 e. The summed E-state index contributed by atoms with van der Waals surface area (Å²) in [6.07, 6.45) is 3.52. The largest absolute Gasteiger partial charge is 0.383 e. The van der Waals surface area contributed by atoms with E-state index in [2.05, 4.69) is 9.97 Å². The van der Waals surface area contributed by atoms with Crippen molar-refractivity contribution in [3.05, 3.63) is 49.9 Å². The Balaban J connectivity index is 2.60. The number of pyridine rings is 1. The summed E-state index contributed by atoms with van der Waals surface area (Å²) in [5.74, 6) is -0.535. The van der Waals surface area contributed by atoms with Gasteiger partial charge < -0.3 is 5.73 Å². The second-order valence-electron chi connectivity index (χ2n) is 5.81. The number of H-pyrrole nitrogens is 1. The van der Waals surface area contributed by atoms with Crippen LogP contribution in [0.15, 0.2) is 27.9 Å². The molecule has 0 unspecified atom stereocenters. The third kappa shape index (κ3) is 4.13. The molecule has 0 spiro atoms. The quantitative estimate of drug-likeness (QED) is 0.763. The van der Waals surface area contributed by atoms with Crippen LogP contribution >= 0.6 is 11.6 Å². The van der Waals surface area contributed by atoms with Gasteiger partial charge in [-0.3, -0.25) is 29.0 Å². The summed E-state index contributed by atoms with van der Waals surface area (Å²) in [6.45, 7) is 4.44. The smallest absolute Gasteiger partial charge is 0.330 e. The van der Waals surface area contributed by atoms with Crippen molar-refractivity contribution in [2.75, 3.05) is 17.2 Å². The number of nitrogen functional groups attached to an aromatic ring is 1. The summed E-state index contributed by atoms with van der Waals surface area (Å²) in [5.41, 5.74) is 4.85. The average Bonchev–Trinajstić information content (AvgIpc) is 2.60. The first kappa shape index (κ1) is 19.7. The number of nitrogens with one attached hydrogen (secondary N) is 1. The van der Waals surface area contributed by atoms with Gasteiger partial charge in [-0.1, -0.05) is 31.9 Å². The molecule has 2 heterocycles. The van der Waals surface area contributed by atoms with E-state index < -0.39 is 17.2 Å². The third-order valence-corrected chi connectivity index (χ3v) is 4.09. The Hall–Kier alpha value is -2.61. The summed E-state index contributed by atoms with van der Waals surface area (Å²) < 4.78 is 1.26. The van der Waals surface area contributed by atoms with E-state index in [-0.39, 0.29) is 23.7 Å². The van der Waals surface area contributed by atoms with Crippen molar-refractivity contribution in [2.45, 2.75) is 39.7 Å². The lowest BCUT2D eigenvalue weighted by Gasteiger charge is -2.24. The first-order valence-electron chi connectivity index (χ1n) is 8.46. The monoisotopic (exact) mass is 379 g/mol. The zero-order valence-corrected chi connectivity index (χ0v) is 15.5. The summed E-state index contributed by atoms with van der Waals surface area (Å²) in [5, 5.41) is 0.358. The van der Waals surface area contributed by atoms with E-state index in [4.69, 9.17) is 17.3 Å². The number of amides is 1. The minimum absolute atomic E-state index is 0.0351. The van der Waals surface area contributed by atoms with Crippen LogP contribution in [0, 0.1) is 0 Å². The van der Waals surface area contributed by atoms with Gasteiger partial charge in [0.05, 0.1) is 0 Å². The van der Waals surface area contributed by atoms with Gasteiger partial charge in [0.25, 0.3) is 11.5 Å². The fourth-order valence-corrected chi connectivity index (χ4v) is 2.73. The van der Waals surface area contributed by atoms with E-state index >= 15 is 0 Å². The summed E-state index contributed by atoms with van der Waals surface area (Å²) in [6, 6.07) is 2.98. The van der Waals surface area contributed by atoms with E-state index in [0.717, 1.165) is 6.42 Å². The van der Waals surface area contributed by atoms with Gasteiger partial charge in [-0.15, -0.1) is 0 Å². The third-order valence-electron chi connectivity index (χ3n) is 3.85.